The van der Waals surface area contributed by atoms with Crippen LogP contribution in [0.3, 0.4) is 0 Å². The van der Waals surface area contributed by atoms with Gasteiger partial charge in [0.05, 0.1) is 24.2 Å². The summed E-state index contributed by atoms with van der Waals surface area (Å²) in [4.78, 5) is 6.78. The van der Waals surface area contributed by atoms with E-state index in [9.17, 15) is 0 Å². The van der Waals surface area contributed by atoms with E-state index in [1.54, 1.807) is 0 Å². The third kappa shape index (κ3) is 5.10. The minimum Gasteiger partial charge on any atom is -0.395 e. The minimum atomic E-state index is 0.178. The number of anilines is 1. The summed E-state index contributed by atoms with van der Waals surface area (Å²) in [7, 11) is 0. The summed E-state index contributed by atoms with van der Waals surface area (Å²) in [6, 6.07) is 4.55. The zero-order valence-electron chi connectivity index (χ0n) is 13.1. The molecule has 1 rings (SSSR count). The Labute approximate surface area is 123 Å². The van der Waals surface area contributed by atoms with Crippen molar-refractivity contribution >= 4 is 5.69 Å². The highest BCUT2D eigenvalue weighted by Crippen LogP contribution is 2.18. The molecular weight excluding hydrogens is 250 g/mol. The number of hydrogen-bond donors (Lipinski definition) is 2. The molecular formula is C16H29N3O. The average molecular weight is 279 g/mol. The SMILES string of the molecule is CCCNC(CC)c1ccc(N(CCC)CCO)cn1. The number of pyridine rings is 1. The Morgan fingerprint density at radius 1 is 1.20 bits per heavy atom. The van der Waals surface area contributed by atoms with E-state index in [-0.39, 0.29) is 6.61 Å². The predicted octanol–water partition coefficient (Wildman–Crippen LogP) is 2.74. The van der Waals surface area contributed by atoms with Gasteiger partial charge in [0, 0.05) is 19.1 Å². The van der Waals surface area contributed by atoms with Gasteiger partial charge in [0.2, 0.25) is 0 Å². The first-order valence-corrected chi connectivity index (χ1v) is 7.81. The number of hydrogen-bond acceptors (Lipinski definition) is 4. The Kier molecular flexibility index (Phi) is 8.23. The number of aliphatic hydroxyl groups is 1. The molecule has 0 bridgehead atoms. The van der Waals surface area contributed by atoms with Crippen LogP contribution in [0.15, 0.2) is 18.3 Å². The highest BCUT2D eigenvalue weighted by molar-refractivity contribution is 5.44. The highest BCUT2D eigenvalue weighted by atomic mass is 16.3. The summed E-state index contributed by atoms with van der Waals surface area (Å²) < 4.78 is 0. The molecule has 0 amide bonds. The maximum absolute atomic E-state index is 9.13. The lowest BCUT2D eigenvalue weighted by Gasteiger charge is -2.24. The van der Waals surface area contributed by atoms with E-state index >= 15 is 0 Å². The molecule has 0 saturated carbocycles. The molecule has 0 radical (unpaired) electrons. The van der Waals surface area contributed by atoms with Crippen molar-refractivity contribution in [2.24, 2.45) is 0 Å². The van der Waals surface area contributed by atoms with E-state index in [0.29, 0.717) is 12.6 Å². The molecule has 1 unspecified atom stereocenters. The van der Waals surface area contributed by atoms with Gasteiger partial charge in [-0.15, -0.1) is 0 Å². The monoisotopic (exact) mass is 279 g/mol. The number of nitrogens with zero attached hydrogens (tertiary/aromatic N) is 2. The van der Waals surface area contributed by atoms with Crippen molar-refractivity contribution in [3.63, 3.8) is 0 Å². The molecule has 4 nitrogen and oxygen atoms in total. The van der Waals surface area contributed by atoms with E-state index in [0.717, 1.165) is 43.7 Å². The third-order valence-corrected chi connectivity index (χ3v) is 3.41. The van der Waals surface area contributed by atoms with E-state index < -0.39 is 0 Å². The summed E-state index contributed by atoms with van der Waals surface area (Å²) in [6.07, 6.45) is 5.17. The van der Waals surface area contributed by atoms with Gasteiger partial charge in [-0.25, -0.2) is 0 Å². The van der Waals surface area contributed by atoms with Crippen LogP contribution in [-0.4, -0.2) is 36.3 Å². The van der Waals surface area contributed by atoms with Crippen LogP contribution in [-0.2, 0) is 0 Å². The second-order valence-electron chi connectivity index (χ2n) is 5.07. The largest absolute Gasteiger partial charge is 0.395 e. The molecule has 0 aliphatic carbocycles. The maximum atomic E-state index is 9.13. The van der Waals surface area contributed by atoms with Gasteiger partial charge in [-0.1, -0.05) is 20.8 Å². The molecule has 1 aromatic rings. The summed E-state index contributed by atoms with van der Waals surface area (Å²) in [5.74, 6) is 0. The number of aromatic nitrogens is 1. The van der Waals surface area contributed by atoms with Gasteiger partial charge in [0.25, 0.3) is 0 Å². The average Bonchev–Trinajstić information content (AvgIpc) is 2.48. The van der Waals surface area contributed by atoms with Gasteiger partial charge in [-0.3, -0.25) is 4.98 Å². The van der Waals surface area contributed by atoms with Crippen LogP contribution in [0.4, 0.5) is 5.69 Å². The first-order valence-electron chi connectivity index (χ1n) is 7.81. The quantitative estimate of drug-likeness (QED) is 0.691. The maximum Gasteiger partial charge on any atom is 0.0606 e. The molecule has 0 aromatic carbocycles. The lowest BCUT2D eigenvalue weighted by atomic mass is 10.1. The van der Waals surface area contributed by atoms with Gasteiger partial charge in [-0.05, 0) is 37.9 Å². The zero-order chi connectivity index (χ0) is 14.8. The topological polar surface area (TPSA) is 48.4 Å². The lowest BCUT2D eigenvalue weighted by molar-refractivity contribution is 0.302. The Morgan fingerprint density at radius 2 is 2.00 bits per heavy atom. The Morgan fingerprint density at radius 3 is 2.50 bits per heavy atom. The van der Waals surface area contributed by atoms with Crippen molar-refractivity contribution < 1.29 is 5.11 Å². The fraction of sp³-hybridized carbons (Fsp3) is 0.688. The Hall–Kier alpha value is -1.13. The second-order valence-corrected chi connectivity index (χ2v) is 5.07. The van der Waals surface area contributed by atoms with E-state index in [4.69, 9.17) is 5.11 Å². The van der Waals surface area contributed by atoms with Gasteiger partial charge >= 0.3 is 0 Å². The fourth-order valence-corrected chi connectivity index (χ4v) is 2.33. The summed E-state index contributed by atoms with van der Waals surface area (Å²) in [5.41, 5.74) is 2.19. The van der Waals surface area contributed by atoms with Crippen LogP contribution >= 0.6 is 0 Å². The number of nitrogens with one attached hydrogen (secondary N) is 1. The number of rotatable bonds is 10. The lowest BCUT2D eigenvalue weighted by Crippen LogP contribution is -2.28. The molecule has 0 aliphatic rings. The fourth-order valence-electron chi connectivity index (χ4n) is 2.33. The summed E-state index contributed by atoms with van der Waals surface area (Å²) in [5, 5.41) is 12.6. The van der Waals surface area contributed by atoms with Gasteiger partial charge in [0.15, 0.2) is 0 Å². The smallest absolute Gasteiger partial charge is 0.0606 e. The van der Waals surface area contributed by atoms with Gasteiger partial charge in [-0.2, -0.15) is 0 Å². The first-order chi connectivity index (χ1) is 9.76. The van der Waals surface area contributed by atoms with E-state index in [1.165, 1.54) is 0 Å². The molecule has 2 N–H and O–H groups in total. The standard InChI is InChI=1S/C16H29N3O/c1-4-9-17-15(6-3)16-8-7-14(13-18-16)19(10-5-2)11-12-20/h7-8,13,15,17,20H,4-6,9-12H2,1-3H3. The molecule has 0 spiro atoms. The molecule has 0 fully saturated rings. The van der Waals surface area contributed by atoms with E-state index in [2.05, 4.69) is 48.1 Å². The molecule has 114 valence electrons. The van der Waals surface area contributed by atoms with Crippen LogP contribution in [0.1, 0.15) is 51.8 Å². The normalized spacial score (nSPS) is 12.4. The van der Waals surface area contributed by atoms with Crippen molar-refractivity contribution in [2.45, 2.75) is 46.1 Å². The van der Waals surface area contributed by atoms with Crippen LogP contribution < -0.4 is 10.2 Å². The van der Waals surface area contributed by atoms with Gasteiger partial charge in [0.1, 0.15) is 0 Å². The summed E-state index contributed by atoms with van der Waals surface area (Å²) >= 11 is 0. The highest BCUT2D eigenvalue weighted by Gasteiger charge is 2.11. The van der Waals surface area contributed by atoms with Crippen molar-refractivity contribution in [3.8, 4) is 0 Å². The van der Waals surface area contributed by atoms with Crippen LogP contribution in [0.5, 0.6) is 0 Å². The van der Waals surface area contributed by atoms with Crippen LogP contribution in [0.25, 0.3) is 0 Å². The van der Waals surface area contributed by atoms with E-state index in [1.807, 2.05) is 6.20 Å². The minimum absolute atomic E-state index is 0.178. The number of aliphatic hydroxyl groups excluding tert-OH is 1. The molecule has 4 heteroatoms. The van der Waals surface area contributed by atoms with Gasteiger partial charge < -0.3 is 15.3 Å². The Balaban J connectivity index is 2.74. The molecule has 1 aromatic heterocycles. The van der Waals surface area contributed by atoms with Crippen molar-refractivity contribution in [2.75, 3.05) is 31.1 Å². The van der Waals surface area contributed by atoms with Crippen molar-refractivity contribution in [1.29, 1.82) is 0 Å². The predicted molar refractivity (Wildman–Crippen MR) is 85.2 cm³/mol. The molecule has 0 aliphatic heterocycles. The third-order valence-electron chi connectivity index (χ3n) is 3.41. The van der Waals surface area contributed by atoms with Crippen LogP contribution in [0.2, 0.25) is 0 Å². The molecule has 20 heavy (non-hydrogen) atoms. The molecule has 1 heterocycles. The Bertz CT molecular complexity index is 347. The van der Waals surface area contributed by atoms with Crippen molar-refractivity contribution in [1.82, 2.24) is 10.3 Å². The molecule has 0 saturated heterocycles. The van der Waals surface area contributed by atoms with Crippen LogP contribution in [0, 0.1) is 0 Å². The first kappa shape index (κ1) is 16.9. The second kappa shape index (κ2) is 9.72. The van der Waals surface area contributed by atoms with Crippen molar-refractivity contribution in [3.05, 3.63) is 24.0 Å². The molecule has 1 atom stereocenters. The summed E-state index contributed by atoms with van der Waals surface area (Å²) in [6.45, 7) is 9.32. The zero-order valence-corrected chi connectivity index (χ0v) is 13.1.